The first-order chi connectivity index (χ1) is 11.4. The highest BCUT2D eigenvalue weighted by Crippen LogP contribution is 2.06. The van der Waals surface area contributed by atoms with Crippen LogP contribution in [0.25, 0.3) is 0 Å². The second-order valence-electron chi connectivity index (χ2n) is 6.88. The fraction of sp³-hybridized carbons (Fsp3) is 0.765. The maximum atomic E-state index is 12.0. The summed E-state index contributed by atoms with van der Waals surface area (Å²) < 4.78 is 7.34. The van der Waals surface area contributed by atoms with E-state index >= 15 is 0 Å². The van der Waals surface area contributed by atoms with Crippen molar-refractivity contribution in [3.8, 4) is 0 Å². The largest absolute Gasteiger partial charge is 0.379 e. The molecule has 0 bridgehead atoms. The lowest BCUT2D eigenvalue weighted by atomic mass is 10.2. The molecule has 1 saturated heterocycles. The van der Waals surface area contributed by atoms with Crippen LogP contribution in [0.4, 0.5) is 4.79 Å². The van der Waals surface area contributed by atoms with Gasteiger partial charge in [0.25, 0.3) is 0 Å². The predicted octanol–water partition coefficient (Wildman–Crippen LogP) is 1.16. The molecule has 0 spiro atoms. The Labute approximate surface area is 144 Å². The molecule has 7 nitrogen and oxygen atoms in total. The van der Waals surface area contributed by atoms with Crippen LogP contribution in [-0.4, -0.2) is 66.1 Å². The third kappa shape index (κ3) is 6.13. The van der Waals surface area contributed by atoms with Crippen LogP contribution in [-0.2, 0) is 11.3 Å². The first kappa shape index (κ1) is 18.7. The van der Waals surface area contributed by atoms with E-state index in [1.807, 2.05) is 18.5 Å². The van der Waals surface area contributed by atoms with Crippen molar-refractivity contribution in [1.29, 1.82) is 0 Å². The van der Waals surface area contributed by atoms with Gasteiger partial charge in [-0.1, -0.05) is 6.92 Å². The number of hydrogen-bond acceptors (Lipinski definition) is 4. The van der Waals surface area contributed by atoms with E-state index in [1.54, 1.807) is 0 Å². The van der Waals surface area contributed by atoms with Crippen LogP contribution in [0.3, 0.4) is 0 Å². The zero-order valence-electron chi connectivity index (χ0n) is 15.3. The lowest BCUT2D eigenvalue weighted by Crippen LogP contribution is -2.49. The maximum absolute atomic E-state index is 12.0. The summed E-state index contributed by atoms with van der Waals surface area (Å²) in [6, 6.07) is 2.09. The molecular weight excluding hydrogens is 306 g/mol. The number of aryl methyl sites for hydroxylation is 2. The number of urea groups is 1. The average molecular weight is 337 g/mol. The number of nitrogens with zero attached hydrogens (tertiary/aromatic N) is 3. The summed E-state index contributed by atoms with van der Waals surface area (Å²) in [6.45, 7) is 13.9. The van der Waals surface area contributed by atoms with Crippen molar-refractivity contribution in [3.05, 3.63) is 17.5 Å². The van der Waals surface area contributed by atoms with Crippen LogP contribution in [0.1, 0.15) is 25.2 Å². The van der Waals surface area contributed by atoms with E-state index in [2.05, 4.69) is 40.5 Å². The minimum absolute atomic E-state index is 0.101. The normalized spacial score (nSPS) is 18.2. The highest BCUT2D eigenvalue weighted by atomic mass is 16.5. The molecule has 24 heavy (non-hydrogen) atoms. The van der Waals surface area contributed by atoms with Gasteiger partial charge in [-0.25, -0.2) is 4.79 Å². The molecule has 1 aromatic rings. The molecule has 1 fully saturated rings. The molecule has 0 radical (unpaired) electrons. The van der Waals surface area contributed by atoms with Gasteiger partial charge in [0.15, 0.2) is 0 Å². The number of nitrogens with one attached hydrogen (secondary N) is 2. The first-order valence-corrected chi connectivity index (χ1v) is 8.79. The van der Waals surface area contributed by atoms with Gasteiger partial charge in [-0.15, -0.1) is 0 Å². The number of rotatable bonds is 7. The van der Waals surface area contributed by atoms with E-state index in [1.165, 1.54) is 0 Å². The van der Waals surface area contributed by atoms with Crippen LogP contribution < -0.4 is 10.6 Å². The third-order valence-corrected chi connectivity index (χ3v) is 4.21. The topological polar surface area (TPSA) is 71.4 Å². The van der Waals surface area contributed by atoms with Crippen LogP contribution in [0.15, 0.2) is 6.07 Å². The molecule has 1 aliphatic heterocycles. The molecule has 0 unspecified atom stereocenters. The molecule has 2 rings (SSSR count). The Balaban J connectivity index is 1.65. The van der Waals surface area contributed by atoms with Gasteiger partial charge in [-0.2, -0.15) is 5.10 Å². The van der Waals surface area contributed by atoms with E-state index in [0.29, 0.717) is 12.5 Å². The van der Waals surface area contributed by atoms with Gasteiger partial charge in [-0.05, 0) is 32.8 Å². The van der Waals surface area contributed by atoms with Gasteiger partial charge in [-0.3, -0.25) is 9.58 Å². The van der Waals surface area contributed by atoms with Gasteiger partial charge < -0.3 is 15.4 Å². The molecule has 0 aliphatic carbocycles. The number of hydrogen-bond donors (Lipinski definition) is 2. The highest BCUT2D eigenvalue weighted by Gasteiger charge is 2.15. The van der Waals surface area contributed by atoms with Crippen molar-refractivity contribution < 1.29 is 9.53 Å². The van der Waals surface area contributed by atoms with Gasteiger partial charge in [0.2, 0.25) is 0 Å². The summed E-state index contributed by atoms with van der Waals surface area (Å²) in [6.07, 6.45) is 0. The Bertz CT molecular complexity index is 525. The van der Waals surface area contributed by atoms with Crippen LogP contribution >= 0.6 is 0 Å². The lowest BCUT2D eigenvalue weighted by molar-refractivity contribution is 0.0349. The Morgan fingerprint density at radius 2 is 2.00 bits per heavy atom. The number of carbonyl (C=O) groups is 1. The minimum atomic E-state index is -0.101. The van der Waals surface area contributed by atoms with Gasteiger partial charge >= 0.3 is 6.03 Å². The fourth-order valence-corrected chi connectivity index (χ4v) is 2.98. The summed E-state index contributed by atoms with van der Waals surface area (Å²) in [5.41, 5.74) is 2.19. The van der Waals surface area contributed by atoms with Crippen LogP contribution in [0, 0.1) is 19.8 Å². The second-order valence-corrected chi connectivity index (χ2v) is 6.88. The smallest absolute Gasteiger partial charge is 0.315 e. The van der Waals surface area contributed by atoms with Crippen molar-refractivity contribution in [3.63, 3.8) is 0 Å². The van der Waals surface area contributed by atoms with Crippen molar-refractivity contribution in [1.82, 2.24) is 25.3 Å². The molecule has 0 aromatic carbocycles. The molecule has 1 aromatic heterocycles. The zero-order chi connectivity index (χ0) is 17.5. The van der Waals surface area contributed by atoms with E-state index in [4.69, 9.17) is 4.74 Å². The molecule has 2 amide bonds. The summed E-state index contributed by atoms with van der Waals surface area (Å²) in [7, 11) is 0. The molecule has 136 valence electrons. The Morgan fingerprint density at radius 1 is 1.29 bits per heavy atom. The molecule has 7 heteroatoms. The highest BCUT2D eigenvalue weighted by molar-refractivity contribution is 5.74. The second kappa shape index (κ2) is 9.03. The van der Waals surface area contributed by atoms with E-state index < -0.39 is 0 Å². The molecule has 2 N–H and O–H groups in total. The van der Waals surface area contributed by atoms with Gasteiger partial charge in [0.1, 0.15) is 0 Å². The number of ether oxygens (including phenoxy) is 1. The van der Waals surface area contributed by atoms with Gasteiger partial charge in [0.05, 0.1) is 18.9 Å². The monoisotopic (exact) mass is 337 g/mol. The van der Waals surface area contributed by atoms with Crippen molar-refractivity contribution in [2.75, 3.05) is 39.4 Å². The predicted molar refractivity (Wildman–Crippen MR) is 94.1 cm³/mol. The summed E-state index contributed by atoms with van der Waals surface area (Å²) >= 11 is 0. The zero-order valence-corrected chi connectivity index (χ0v) is 15.3. The van der Waals surface area contributed by atoms with E-state index in [0.717, 1.165) is 50.8 Å². The summed E-state index contributed by atoms with van der Waals surface area (Å²) in [5, 5.41) is 10.4. The average Bonchev–Trinajstić information content (AvgIpc) is 2.83. The van der Waals surface area contributed by atoms with Crippen LogP contribution in [0.5, 0.6) is 0 Å². The van der Waals surface area contributed by atoms with E-state index in [9.17, 15) is 4.79 Å². The minimum Gasteiger partial charge on any atom is -0.379 e. The standard InChI is InChI=1S/C17H31N5O2/c1-13(11-22-16(4)9-14(2)20-22)10-18-17(23)19-15(3)12-21-5-7-24-8-6-21/h9,13,15H,5-8,10-12H2,1-4H3,(H2,18,19,23)/t13-,15+/m1/s1. The SMILES string of the molecule is Cc1cc(C)n(C[C@H](C)CNC(=O)N[C@@H](C)CN2CCOCC2)n1. The van der Waals surface area contributed by atoms with Crippen molar-refractivity contribution in [2.24, 2.45) is 5.92 Å². The maximum Gasteiger partial charge on any atom is 0.315 e. The Kier molecular flexibility index (Phi) is 7.05. The number of morpholine rings is 1. The number of amides is 2. The molecule has 2 atom stereocenters. The number of aromatic nitrogens is 2. The third-order valence-electron chi connectivity index (χ3n) is 4.21. The van der Waals surface area contributed by atoms with Gasteiger partial charge in [0, 0.05) is 44.5 Å². The lowest BCUT2D eigenvalue weighted by Gasteiger charge is -2.29. The summed E-state index contributed by atoms with van der Waals surface area (Å²) in [4.78, 5) is 14.4. The molecule has 0 saturated carbocycles. The fourth-order valence-electron chi connectivity index (χ4n) is 2.98. The Morgan fingerprint density at radius 3 is 2.62 bits per heavy atom. The molecular formula is C17H31N5O2. The molecule has 2 heterocycles. The van der Waals surface area contributed by atoms with Crippen LogP contribution in [0.2, 0.25) is 0 Å². The number of carbonyl (C=O) groups excluding carboxylic acids is 1. The molecule has 1 aliphatic rings. The summed E-state index contributed by atoms with van der Waals surface area (Å²) in [5.74, 6) is 0.322. The van der Waals surface area contributed by atoms with E-state index in [-0.39, 0.29) is 12.1 Å². The van der Waals surface area contributed by atoms with Crippen molar-refractivity contribution >= 4 is 6.03 Å². The first-order valence-electron chi connectivity index (χ1n) is 8.79. The van der Waals surface area contributed by atoms with Crippen molar-refractivity contribution in [2.45, 2.75) is 40.3 Å². The quantitative estimate of drug-likeness (QED) is 0.783. The Hall–Kier alpha value is -1.60.